The number of aromatic nitrogens is 2. The summed E-state index contributed by atoms with van der Waals surface area (Å²) in [5, 5.41) is 10.7. The zero-order chi connectivity index (χ0) is 16.9. The fourth-order valence-electron chi connectivity index (χ4n) is 2.43. The lowest BCUT2D eigenvalue weighted by atomic mass is 10.2. The van der Waals surface area contributed by atoms with Crippen LogP contribution in [0.5, 0.6) is 0 Å². The van der Waals surface area contributed by atoms with Crippen molar-refractivity contribution in [2.24, 2.45) is 0 Å². The van der Waals surface area contributed by atoms with Crippen LogP contribution in [0.15, 0.2) is 66.0 Å². The lowest BCUT2D eigenvalue weighted by Gasteiger charge is -2.11. The van der Waals surface area contributed by atoms with Crippen molar-refractivity contribution in [3.8, 4) is 0 Å². The highest BCUT2D eigenvalue weighted by Gasteiger charge is 2.16. The van der Waals surface area contributed by atoms with Crippen LogP contribution in [0.25, 0.3) is 0 Å². The van der Waals surface area contributed by atoms with E-state index in [0.717, 1.165) is 11.1 Å². The minimum Gasteiger partial charge on any atom is -0.390 e. The van der Waals surface area contributed by atoms with Gasteiger partial charge in [0.1, 0.15) is 0 Å². The van der Waals surface area contributed by atoms with E-state index in [9.17, 15) is 9.32 Å². The quantitative estimate of drug-likeness (QED) is 0.733. The molecule has 0 aliphatic heterocycles. The zero-order valence-corrected chi connectivity index (χ0v) is 14.5. The van der Waals surface area contributed by atoms with Gasteiger partial charge in [-0.2, -0.15) is 0 Å². The Morgan fingerprint density at radius 2 is 1.75 bits per heavy atom. The fourth-order valence-corrected chi connectivity index (χ4v) is 3.78. The molecule has 3 aromatic rings. The van der Waals surface area contributed by atoms with Gasteiger partial charge in [-0.15, -0.1) is 0 Å². The Balaban J connectivity index is 1.85. The van der Waals surface area contributed by atoms with Crippen LogP contribution in [0.3, 0.4) is 0 Å². The Labute approximate surface area is 148 Å². The molecule has 0 aliphatic rings. The Morgan fingerprint density at radius 1 is 1.04 bits per heavy atom. The van der Waals surface area contributed by atoms with E-state index in [1.165, 1.54) is 0 Å². The molecular formula is C18H17ClN2O2S. The highest BCUT2D eigenvalue weighted by molar-refractivity contribution is 7.84. The Morgan fingerprint density at radius 3 is 2.42 bits per heavy atom. The summed E-state index contributed by atoms with van der Waals surface area (Å²) in [6.07, 6.45) is 1.58. The molecule has 24 heavy (non-hydrogen) atoms. The number of nitrogens with zero attached hydrogens (tertiary/aromatic N) is 2. The highest BCUT2D eigenvalue weighted by atomic mass is 35.5. The normalized spacial score (nSPS) is 12.2. The monoisotopic (exact) mass is 360 g/mol. The van der Waals surface area contributed by atoms with Crippen molar-refractivity contribution in [2.75, 3.05) is 0 Å². The van der Waals surface area contributed by atoms with Crippen molar-refractivity contribution in [3.05, 3.63) is 82.6 Å². The molecule has 0 amide bonds. The second kappa shape index (κ2) is 7.75. The molecule has 124 valence electrons. The van der Waals surface area contributed by atoms with E-state index in [2.05, 4.69) is 4.98 Å². The van der Waals surface area contributed by atoms with E-state index >= 15 is 0 Å². The second-order valence-corrected chi connectivity index (χ2v) is 7.16. The van der Waals surface area contributed by atoms with Gasteiger partial charge in [0, 0.05) is 11.6 Å². The van der Waals surface area contributed by atoms with E-state index in [1.54, 1.807) is 18.3 Å². The summed E-state index contributed by atoms with van der Waals surface area (Å²) in [6, 6.07) is 17.1. The molecule has 0 aliphatic carbocycles. The molecule has 1 atom stereocenters. The van der Waals surface area contributed by atoms with E-state index in [-0.39, 0.29) is 6.61 Å². The Hall–Kier alpha value is -1.95. The summed E-state index contributed by atoms with van der Waals surface area (Å²) < 4.78 is 14.6. The Kier molecular flexibility index (Phi) is 5.45. The third-order valence-corrected chi connectivity index (χ3v) is 5.24. The van der Waals surface area contributed by atoms with Gasteiger partial charge in [0.25, 0.3) is 0 Å². The minimum absolute atomic E-state index is 0.141. The molecule has 1 aromatic heterocycles. The van der Waals surface area contributed by atoms with Crippen LogP contribution in [-0.2, 0) is 29.7 Å². The first kappa shape index (κ1) is 16.9. The number of hydrogen-bond acceptors (Lipinski definition) is 3. The topological polar surface area (TPSA) is 55.1 Å². The summed E-state index contributed by atoms with van der Waals surface area (Å²) in [5.74, 6) is 0.355. The first-order valence-electron chi connectivity index (χ1n) is 7.49. The van der Waals surface area contributed by atoms with Gasteiger partial charge in [0.2, 0.25) is 0 Å². The average Bonchev–Trinajstić information content (AvgIpc) is 3.00. The number of imidazole rings is 1. The minimum atomic E-state index is -1.31. The van der Waals surface area contributed by atoms with Crippen molar-refractivity contribution in [2.45, 2.75) is 24.1 Å². The van der Waals surface area contributed by atoms with Gasteiger partial charge in [0.15, 0.2) is 5.16 Å². The molecule has 4 nitrogen and oxygen atoms in total. The van der Waals surface area contributed by atoms with Crippen molar-refractivity contribution in [1.29, 1.82) is 0 Å². The van der Waals surface area contributed by atoms with Crippen LogP contribution in [-0.4, -0.2) is 18.9 Å². The van der Waals surface area contributed by atoms with Gasteiger partial charge in [-0.25, -0.2) is 4.98 Å². The standard InChI is InChI=1S/C18H17ClN2O2S/c19-16-8-6-15(7-9-16)13-24(23)18-20-10-17(12-22)21(18)11-14-4-2-1-3-5-14/h1-10,22H,11-13H2/t24-/m0/s1. The number of halogens is 1. The SMILES string of the molecule is O=[S@@](Cc1ccc(Cl)cc1)c1ncc(CO)n1Cc1ccccc1. The summed E-state index contributed by atoms with van der Waals surface area (Å²) in [6.45, 7) is 0.385. The van der Waals surface area contributed by atoms with Gasteiger partial charge in [-0.3, -0.25) is 4.21 Å². The van der Waals surface area contributed by atoms with Crippen molar-refractivity contribution >= 4 is 22.4 Å². The zero-order valence-electron chi connectivity index (χ0n) is 12.9. The van der Waals surface area contributed by atoms with Crippen molar-refractivity contribution in [3.63, 3.8) is 0 Å². The molecule has 0 saturated heterocycles. The molecule has 6 heteroatoms. The maximum Gasteiger partial charge on any atom is 0.199 e. The molecular weight excluding hydrogens is 344 g/mol. The van der Waals surface area contributed by atoms with Crippen LogP contribution in [0.1, 0.15) is 16.8 Å². The summed E-state index contributed by atoms with van der Waals surface area (Å²) in [4.78, 5) is 4.27. The van der Waals surface area contributed by atoms with Crippen molar-refractivity contribution < 1.29 is 9.32 Å². The first-order valence-corrected chi connectivity index (χ1v) is 9.19. The lowest BCUT2D eigenvalue weighted by Crippen LogP contribution is -2.11. The lowest BCUT2D eigenvalue weighted by molar-refractivity contribution is 0.270. The van der Waals surface area contributed by atoms with E-state index in [4.69, 9.17) is 11.6 Å². The molecule has 3 rings (SSSR count). The van der Waals surface area contributed by atoms with Crippen LogP contribution >= 0.6 is 11.6 Å². The first-order chi connectivity index (χ1) is 11.7. The third kappa shape index (κ3) is 3.93. The van der Waals surface area contributed by atoms with Gasteiger partial charge < -0.3 is 9.67 Å². The number of rotatable bonds is 6. The highest BCUT2D eigenvalue weighted by Crippen LogP contribution is 2.17. The van der Waals surface area contributed by atoms with E-state index in [1.807, 2.05) is 47.0 Å². The molecule has 0 radical (unpaired) electrons. The second-order valence-electron chi connectivity index (χ2n) is 5.38. The Bertz CT molecular complexity index is 832. The maximum atomic E-state index is 12.8. The summed E-state index contributed by atoms with van der Waals surface area (Å²) in [7, 11) is -1.31. The van der Waals surface area contributed by atoms with Crippen molar-refractivity contribution in [1.82, 2.24) is 9.55 Å². The van der Waals surface area contributed by atoms with Gasteiger partial charge in [-0.05, 0) is 23.3 Å². The fraction of sp³-hybridized carbons (Fsp3) is 0.167. The molecule has 0 unspecified atom stereocenters. The number of hydrogen-bond donors (Lipinski definition) is 1. The molecule has 2 aromatic carbocycles. The summed E-state index contributed by atoms with van der Waals surface area (Å²) in [5.41, 5.74) is 2.64. The molecule has 1 N–H and O–H groups in total. The smallest absolute Gasteiger partial charge is 0.199 e. The third-order valence-electron chi connectivity index (χ3n) is 3.66. The maximum absolute atomic E-state index is 12.8. The number of aliphatic hydroxyl groups is 1. The van der Waals surface area contributed by atoms with Crippen LogP contribution in [0, 0.1) is 0 Å². The predicted molar refractivity (Wildman–Crippen MR) is 95.3 cm³/mol. The van der Waals surface area contributed by atoms with Crippen LogP contribution in [0.2, 0.25) is 5.02 Å². The van der Waals surface area contributed by atoms with E-state index < -0.39 is 10.8 Å². The largest absolute Gasteiger partial charge is 0.390 e. The summed E-state index contributed by atoms with van der Waals surface area (Å²) >= 11 is 5.88. The molecule has 0 bridgehead atoms. The van der Waals surface area contributed by atoms with Crippen LogP contribution in [0.4, 0.5) is 0 Å². The van der Waals surface area contributed by atoms with Gasteiger partial charge in [0.05, 0.1) is 35.1 Å². The van der Waals surface area contributed by atoms with Crippen LogP contribution < -0.4 is 0 Å². The molecule has 0 fully saturated rings. The number of aliphatic hydroxyl groups excluding tert-OH is 1. The molecule has 1 heterocycles. The van der Waals surface area contributed by atoms with Gasteiger partial charge >= 0.3 is 0 Å². The molecule has 0 saturated carbocycles. The van der Waals surface area contributed by atoms with E-state index in [0.29, 0.717) is 28.2 Å². The number of benzene rings is 2. The van der Waals surface area contributed by atoms with Gasteiger partial charge in [-0.1, -0.05) is 54.1 Å². The molecule has 0 spiro atoms. The predicted octanol–water partition coefficient (Wildman–Crippen LogP) is 3.38. The average molecular weight is 361 g/mol.